The van der Waals surface area contributed by atoms with E-state index in [1.807, 2.05) is 18.2 Å². The fourth-order valence-electron chi connectivity index (χ4n) is 1.75. The van der Waals surface area contributed by atoms with Crippen molar-refractivity contribution < 1.29 is 14.3 Å². The van der Waals surface area contributed by atoms with Crippen LogP contribution < -0.4 is 20.1 Å². The number of amides is 2. The Labute approximate surface area is 120 Å². The largest absolute Gasteiger partial charge is 0.497 e. The first-order chi connectivity index (χ1) is 9.56. The van der Waals surface area contributed by atoms with Crippen LogP contribution in [0, 0.1) is 5.92 Å². The summed E-state index contributed by atoms with van der Waals surface area (Å²) in [7, 11) is 3.26. The number of ether oxygens (including phenoxy) is 2. The summed E-state index contributed by atoms with van der Waals surface area (Å²) in [5.41, 5.74) is 1.01. The minimum absolute atomic E-state index is 0.138. The van der Waals surface area contributed by atoms with Crippen LogP contribution in [0.25, 0.3) is 0 Å². The van der Waals surface area contributed by atoms with Crippen LogP contribution in [-0.4, -0.2) is 33.3 Å². The first kappa shape index (κ1) is 16.1. The zero-order valence-corrected chi connectivity index (χ0v) is 12.7. The van der Waals surface area contributed by atoms with Crippen LogP contribution in [0.2, 0.25) is 0 Å². The van der Waals surface area contributed by atoms with Crippen LogP contribution in [0.1, 0.15) is 19.4 Å². The molecule has 0 aromatic heterocycles. The van der Waals surface area contributed by atoms with E-state index in [1.165, 1.54) is 0 Å². The Bertz CT molecular complexity index is 433. The molecule has 0 unspecified atom stereocenters. The van der Waals surface area contributed by atoms with Crippen LogP contribution in [-0.2, 0) is 6.42 Å². The molecule has 0 heterocycles. The summed E-state index contributed by atoms with van der Waals surface area (Å²) in [6.45, 7) is 5.34. The second-order valence-electron chi connectivity index (χ2n) is 4.96. The summed E-state index contributed by atoms with van der Waals surface area (Å²) in [5.74, 6) is 2.03. The van der Waals surface area contributed by atoms with Crippen LogP contribution in [0.3, 0.4) is 0 Å². The smallest absolute Gasteiger partial charge is 0.314 e. The van der Waals surface area contributed by atoms with Crippen LogP contribution in [0.15, 0.2) is 18.2 Å². The number of benzene rings is 1. The third-order valence-electron chi connectivity index (χ3n) is 2.84. The van der Waals surface area contributed by atoms with Gasteiger partial charge in [0, 0.05) is 13.1 Å². The van der Waals surface area contributed by atoms with E-state index in [-0.39, 0.29) is 6.03 Å². The molecule has 0 radical (unpaired) electrons. The lowest BCUT2D eigenvalue weighted by Gasteiger charge is -2.12. The molecule has 0 aliphatic heterocycles. The Morgan fingerprint density at radius 2 is 1.95 bits per heavy atom. The third-order valence-corrected chi connectivity index (χ3v) is 2.84. The van der Waals surface area contributed by atoms with Gasteiger partial charge in [0.1, 0.15) is 11.5 Å². The molecule has 1 rings (SSSR count). The van der Waals surface area contributed by atoms with E-state index in [1.54, 1.807) is 14.2 Å². The van der Waals surface area contributed by atoms with E-state index in [4.69, 9.17) is 9.47 Å². The van der Waals surface area contributed by atoms with E-state index in [9.17, 15) is 4.79 Å². The lowest BCUT2D eigenvalue weighted by atomic mass is 10.1. The van der Waals surface area contributed by atoms with Crippen LogP contribution >= 0.6 is 0 Å². The van der Waals surface area contributed by atoms with E-state index in [2.05, 4.69) is 24.5 Å². The molecular weight excluding hydrogens is 256 g/mol. The van der Waals surface area contributed by atoms with Gasteiger partial charge in [-0.05, 0) is 36.1 Å². The van der Waals surface area contributed by atoms with Gasteiger partial charge in [-0.1, -0.05) is 13.8 Å². The van der Waals surface area contributed by atoms with Gasteiger partial charge in [0.05, 0.1) is 14.2 Å². The number of carbonyl (C=O) groups excluding carboxylic acids is 1. The molecule has 5 nitrogen and oxygen atoms in total. The summed E-state index contributed by atoms with van der Waals surface area (Å²) < 4.78 is 10.5. The third kappa shape index (κ3) is 5.38. The lowest BCUT2D eigenvalue weighted by Crippen LogP contribution is -2.38. The minimum Gasteiger partial charge on any atom is -0.497 e. The number of hydrogen-bond acceptors (Lipinski definition) is 3. The van der Waals surface area contributed by atoms with E-state index >= 15 is 0 Å². The Morgan fingerprint density at radius 3 is 2.55 bits per heavy atom. The molecule has 2 amide bonds. The van der Waals surface area contributed by atoms with Gasteiger partial charge in [0.25, 0.3) is 0 Å². The number of urea groups is 1. The first-order valence-corrected chi connectivity index (χ1v) is 6.79. The molecule has 0 aliphatic carbocycles. The summed E-state index contributed by atoms with van der Waals surface area (Å²) in [5, 5.41) is 5.64. The molecule has 0 atom stereocenters. The van der Waals surface area contributed by atoms with Crippen molar-refractivity contribution in [3.8, 4) is 11.5 Å². The maximum absolute atomic E-state index is 11.5. The Hall–Kier alpha value is -1.91. The number of methoxy groups -OCH3 is 2. The first-order valence-electron chi connectivity index (χ1n) is 6.79. The topological polar surface area (TPSA) is 59.6 Å². The summed E-state index contributed by atoms with van der Waals surface area (Å²) >= 11 is 0. The van der Waals surface area contributed by atoms with Crippen molar-refractivity contribution in [3.05, 3.63) is 23.8 Å². The fraction of sp³-hybridized carbons (Fsp3) is 0.533. The molecule has 0 bridgehead atoms. The summed E-state index contributed by atoms with van der Waals surface area (Å²) in [4.78, 5) is 11.5. The second-order valence-corrected chi connectivity index (χ2v) is 4.96. The molecule has 20 heavy (non-hydrogen) atoms. The highest BCUT2D eigenvalue weighted by Crippen LogP contribution is 2.23. The lowest BCUT2D eigenvalue weighted by molar-refractivity contribution is 0.239. The predicted molar refractivity (Wildman–Crippen MR) is 79.5 cm³/mol. The molecule has 0 saturated carbocycles. The fourth-order valence-corrected chi connectivity index (χ4v) is 1.75. The SMILES string of the molecule is COc1ccc(OC)c(CCNC(=O)NCC(C)C)c1. The highest BCUT2D eigenvalue weighted by Gasteiger charge is 2.06. The van der Waals surface area contributed by atoms with Gasteiger partial charge >= 0.3 is 6.03 Å². The van der Waals surface area contributed by atoms with E-state index in [0.29, 0.717) is 25.4 Å². The van der Waals surface area contributed by atoms with Crippen molar-refractivity contribution in [2.75, 3.05) is 27.3 Å². The van der Waals surface area contributed by atoms with E-state index < -0.39 is 0 Å². The molecule has 0 spiro atoms. The van der Waals surface area contributed by atoms with Gasteiger partial charge in [0.2, 0.25) is 0 Å². The zero-order chi connectivity index (χ0) is 15.0. The average Bonchev–Trinajstić information content (AvgIpc) is 2.45. The number of nitrogens with one attached hydrogen (secondary N) is 2. The van der Waals surface area contributed by atoms with Crippen molar-refractivity contribution in [1.82, 2.24) is 10.6 Å². The van der Waals surface area contributed by atoms with Gasteiger partial charge < -0.3 is 20.1 Å². The van der Waals surface area contributed by atoms with Crippen molar-refractivity contribution >= 4 is 6.03 Å². The number of carbonyl (C=O) groups is 1. The highest BCUT2D eigenvalue weighted by molar-refractivity contribution is 5.73. The molecule has 1 aromatic rings. The summed E-state index contributed by atoms with van der Waals surface area (Å²) in [6, 6.07) is 5.51. The molecule has 112 valence electrons. The van der Waals surface area contributed by atoms with Gasteiger partial charge in [0.15, 0.2) is 0 Å². The maximum Gasteiger partial charge on any atom is 0.314 e. The molecular formula is C15H24N2O3. The highest BCUT2D eigenvalue weighted by atomic mass is 16.5. The molecule has 1 aromatic carbocycles. The number of rotatable bonds is 7. The van der Waals surface area contributed by atoms with Crippen molar-refractivity contribution in [1.29, 1.82) is 0 Å². The average molecular weight is 280 g/mol. The second kappa shape index (κ2) is 8.30. The molecule has 2 N–H and O–H groups in total. The number of hydrogen-bond donors (Lipinski definition) is 2. The predicted octanol–water partition coefficient (Wildman–Crippen LogP) is 2.20. The van der Waals surface area contributed by atoms with Crippen molar-refractivity contribution in [3.63, 3.8) is 0 Å². The van der Waals surface area contributed by atoms with Gasteiger partial charge in [-0.3, -0.25) is 0 Å². The summed E-state index contributed by atoms with van der Waals surface area (Å²) in [6.07, 6.45) is 0.690. The van der Waals surface area contributed by atoms with Crippen LogP contribution in [0.5, 0.6) is 11.5 Å². The standard InChI is InChI=1S/C15H24N2O3/c1-11(2)10-17-15(18)16-8-7-12-9-13(19-3)5-6-14(12)20-4/h5-6,9,11H,7-8,10H2,1-4H3,(H2,16,17,18). The Morgan fingerprint density at radius 1 is 1.20 bits per heavy atom. The monoisotopic (exact) mass is 280 g/mol. The maximum atomic E-state index is 11.5. The van der Waals surface area contributed by atoms with Gasteiger partial charge in [-0.15, -0.1) is 0 Å². The van der Waals surface area contributed by atoms with E-state index in [0.717, 1.165) is 17.1 Å². The zero-order valence-electron chi connectivity index (χ0n) is 12.7. The van der Waals surface area contributed by atoms with Gasteiger partial charge in [-0.25, -0.2) is 4.79 Å². The molecule has 0 saturated heterocycles. The Balaban J connectivity index is 2.46. The molecule has 0 fully saturated rings. The normalized spacial score (nSPS) is 10.2. The van der Waals surface area contributed by atoms with Gasteiger partial charge in [-0.2, -0.15) is 0 Å². The van der Waals surface area contributed by atoms with Crippen LogP contribution in [0.4, 0.5) is 4.79 Å². The molecule has 5 heteroatoms. The van der Waals surface area contributed by atoms with Crippen molar-refractivity contribution in [2.45, 2.75) is 20.3 Å². The Kier molecular flexibility index (Phi) is 6.70. The quantitative estimate of drug-likeness (QED) is 0.805. The van der Waals surface area contributed by atoms with Crippen molar-refractivity contribution in [2.24, 2.45) is 5.92 Å². The molecule has 0 aliphatic rings. The minimum atomic E-state index is -0.138.